The summed E-state index contributed by atoms with van der Waals surface area (Å²) in [5.41, 5.74) is 6.58. The second-order valence-electron chi connectivity index (χ2n) is 6.90. The van der Waals surface area contributed by atoms with Gasteiger partial charge in [-0.05, 0) is 39.7 Å². The molecule has 0 unspecified atom stereocenters. The van der Waals surface area contributed by atoms with Crippen molar-refractivity contribution < 1.29 is 19.1 Å². The van der Waals surface area contributed by atoms with E-state index in [1.54, 1.807) is 11.0 Å². The topological polar surface area (TPSA) is 108 Å². The second-order valence-corrected chi connectivity index (χ2v) is 7.25. The van der Waals surface area contributed by atoms with Crippen LogP contribution in [0.25, 0.3) is 6.08 Å². The Morgan fingerprint density at radius 2 is 1.85 bits per heavy atom. The third kappa shape index (κ3) is 5.08. The highest BCUT2D eigenvalue weighted by molar-refractivity contribution is 6.30. The van der Waals surface area contributed by atoms with Gasteiger partial charge in [0.15, 0.2) is 16.7 Å². The largest absolute Gasteiger partial charge is 0.464 e. The van der Waals surface area contributed by atoms with Crippen LogP contribution in [0.3, 0.4) is 0 Å². The molecule has 0 bridgehead atoms. The standard InChI is InChI=1S/C17H23ClN4O4/c1-17(2,3)26-16(24)22-7-5-10(6-8-22)9-11-13(18)21-12(14(19)20-11)15(23)25-4/h9H,5-8H2,1-4H3,(H2,19,20). The number of hydrogen-bond acceptors (Lipinski definition) is 7. The summed E-state index contributed by atoms with van der Waals surface area (Å²) in [5, 5.41) is 0.0710. The molecule has 0 spiro atoms. The number of esters is 1. The van der Waals surface area contributed by atoms with E-state index in [2.05, 4.69) is 14.7 Å². The first-order chi connectivity index (χ1) is 12.1. The lowest BCUT2D eigenvalue weighted by Gasteiger charge is -2.31. The van der Waals surface area contributed by atoms with Gasteiger partial charge >= 0.3 is 12.1 Å². The summed E-state index contributed by atoms with van der Waals surface area (Å²) < 4.78 is 9.96. The summed E-state index contributed by atoms with van der Waals surface area (Å²) in [6, 6.07) is 0. The number of anilines is 1. The average Bonchev–Trinajstić information content (AvgIpc) is 2.56. The highest BCUT2D eigenvalue weighted by Gasteiger charge is 2.25. The summed E-state index contributed by atoms with van der Waals surface area (Å²) >= 11 is 6.11. The molecule has 2 rings (SSSR count). The van der Waals surface area contributed by atoms with E-state index in [4.69, 9.17) is 22.1 Å². The summed E-state index contributed by atoms with van der Waals surface area (Å²) in [6.45, 7) is 6.60. The zero-order chi connectivity index (χ0) is 19.5. The molecule has 2 heterocycles. The van der Waals surface area contributed by atoms with Gasteiger partial charge in [0.05, 0.1) is 7.11 Å². The predicted octanol–water partition coefficient (Wildman–Crippen LogP) is 2.91. The number of carbonyl (C=O) groups excluding carboxylic acids is 2. The van der Waals surface area contributed by atoms with Crippen molar-refractivity contribution in [3.8, 4) is 0 Å². The number of nitrogens with two attached hydrogens (primary N) is 1. The molecule has 1 aliphatic rings. The molecule has 1 amide bonds. The molecule has 8 nitrogen and oxygen atoms in total. The lowest BCUT2D eigenvalue weighted by molar-refractivity contribution is 0.0236. The molecule has 142 valence electrons. The van der Waals surface area contributed by atoms with Crippen molar-refractivity contribution in [3.05, 3.63) is 22.1 Å². The number of hydrogen-bond donors (Lipinski definition) is 1. The molecule has 0 aromatic carbocycles. The van der Waals surface area contributed by atoms with Gasteiger partial charge in [-0.1, -0.05) is 17.2 Å². The number of nitrogen functional groups attached to an aromatic ring is 1. The van der Waals surface area contributed by atoms with Crippen LogP contribution in [0.1, 0.15) is 49.8 Å². The first-order valence-corrected chi connectivity index (χ1v) is 8.57. The molecule has 1 aromatic rings. The predicted molar refractivity (Wildman–Crippen MR) is 97.8 cm³/mol. The van der Waals surface area contributed by atoms with E-state index >= 15 is 0 Å². The number of likely N-dealkylation sites (tertiary alicyclic amines) is 1. The quantitative estimate of drug-likeness (QED) is 0.783. The number of amides is 1. The molecular weight excluding hydrogens is 360 g/mol. The van der Waals surface area contributed by atoms with Crippen LogP contribution in [0.2, 0.25) is 5.15 Å². The van der Waals surface area contributed by atoms with E-state index in [0.29, 0.717) is 31.6 Å². The molecule has 1 aliphatic heterocycles. The lowest BCUT2D eigenvalue weighted by Crippen LogP contribution is -2.40. The zero-order valence-corrected chi connectivity index (χ0v) is 16.1. The van der Waals surface area contributed by atoms with Crippen LogP contribution in [0, 0.1) is 0 Å². The fourth-order valence-corrected chi connectivity index (χ4v) is 2.60. The number of piperidine rings is 1. The maximum absolute atomic E-state index is 12.1. The van der Waals surface area contributed by atoms with Gasteiger partial charge in [-0.3, -0.25) is 0 Å². The number of carbonyl (C=O) groups is 2. The van der Waals surface area contributed by atoms with Gasteiger partial charge in [-0.15, -0.1) is 0 Å². The SMILES string of the molecule is COC(=O)c1nc(Cl)c(C=C2CCN(C(=O)OC(C)(C)C)CC2)nc1N. The third-order valence-electron chi connectivity index (χ3n) is 3.68. The molecule has 0 atom stereocenters. The van der Waals surface area contributed by atoms with Crippen LogP contribution in [0.4, 0.5) is 10.6 Å². The second kappa shape index (κ2) is 7.90. The fraction of sp³-hybridized carbons (Fsp3) is 0.529. The number of halogens is 1. The van der Waals surface area contributed by atoms with Crippen molar-refractivity contribution in [3.63, 3.8) is 0 Å². The number of nitrogens with zero attached hydrogens (tertiary/aromatic N) is 3. The Morgan fingerprint density at radius 1 is 1.23 bits per heavy atom. The molecule has 0 aliphatic carbocycles. The van der Waals surface area contributed by atoms with Gasteiger partial charge in [0.2, 0.25) is 0 Å². The Bertz CT molecular complexity index is 733. The van der Waals surface area contributed by atoms with E-state index < -0.39 is 11.6 Å². The summed E-state index contributed by atoms with van der Waals surface area (Å²) in [6.07, 6.45) is 2.80. The van der Waals surface area contributed by atoms with E-state index in [1.807, 2.05) is 20.8 Å². The maximum Gasteiger partial charge on any atom is 0.410 e. The molecular formula is C17H23ClN4O4. The highest BCUT2D eigenvalue weighted by atomic mass is 35.5. The van der Waals surface area contributed by atoms with E-state index in [-0.39, 0.29) is 22.8 Å². The number of ether oxygens (including phenoxy) is 2. The molecule has 1 saturated heterocycles. The summed E-state index contributed by atoms with van der Waals surface area (Å²) in [7, 11) is 1.23. The maximum atomic E-state index is 12.1. The van der Waals surface area contributed by atoms with Crippen LogP contribution < -0.4 is 5.73 Å². The van der Waals surface area contributed by atoms with Gasteiger partial charge in [0.25, 0.3) is 0 Å². The van der Waals surface area contributed by atoms with Crippen LogP contribution in [0.5, 0.6) is 0 Å². The normalized spacial score (nSPS) is 14.8. The van der Waals surface area contributed by atoms with Crippen molar-refractivity contribution >= 4 is 35.6 Å². The number of aromatic nitrogens is 2. The van der Waals surface area contributed by atoms with Crippen molar-refractivity contribution in [2.75, 3.05) is 25.9 Å². The fourth-order valence-electron chi connectivity index (χ4n) is 2.42. The Morgan fingerprint density at radius 3 is 2.38 bits per heavy atom. The monoisotopic (exact) mass is 382 g/mol. The van der Waals surface area contributed by atoms with Crippen molar-refractivity contribution in [1.82, 2.24) is 14.9 Å². The highest BCUT2D eigenvalue weighted by Crippen LogP contribution is 2.24. The molecule has 26 heavy (non-hydrogen) atoms. The number of methoxy groups -OCH3 is 1. The molecule has 1 fully saturated rings. The van der Waals surface area contributed by atoms with Crippen LogP contribution in [0.15, 0.2) is 5.57 Å². The Hall–Kier alpha value is -2.35. The van der Waals surface area contributed by atoms with Crippen LogP contribution in [-0.4, -0.2) is 52.7 Å². The third-order valence-corrected chi connectivity index (χ3v) is 3.96. The zero-order valence-electron chi connectivity index (χ0n) is 15.3. The molecule has 1 aromatic heterocycles. The van der Waals surface area contributed by atoms with Crippen LogP contribution >= 0.6 is 11.6 Å². The Labute approximate surface area is 157 Å². The Balaban J connectivity index is 2.08. The van der Waals surface area contributed by atoms with Gasteiger partial charge in [-0.2, -0.15) is 0 Å². The molecule has 9 heteroatoms. The molecule has 0 saturated carbocycles. The van der Waals surface area contributed by atoms with Gasteiger partial charge < -0.3 is 20.1 Å². The van der Waals surface area contributed by atoms with Gasteiger partial charge in [-0.25, -0.2) is 19.6 Å². The van der Waals surface area contributed by atoms with E-state index in [1.165, 1.54) is 7.11 Å². The minimum absolute atomic E-state index is 0.0423. The average molecular weight is 383 g/mol. The Kier molecular flexibility index (Phi) is 6.07. The van der Waals surface area contributed by atoms with E-state index in [9.17, 15) is 9.59 Å². The van der Waals surface area contributed by atoms with E-state index in [0.717, 1.165) is 5.57 Å². The minimum atomic E-state index is -0.693. The number of rotatable bonds is 2. The van der Waals surface area contributed by atoms with Gasteiger partial charge in [0, 0.05) is 13.1 Å². The van der Waals surface area contributed by atoms with Crippen molar-refractivity contribution in [1.29, 1.82) is 0 Å². The van der Waals surface area contributed by atoms with Gasteiger partial charge in [0.1, 0.15) is 11.3 Å². The molecule has 0 radical (unpaired) electrons. The minimum Gasteiger partial charge on any atom is -0.464 e. The smallest absolute Gasteiger partial charge is 0.410 e. The van der Waals surface area contributed by atoms with Crippen molar-refractivity contribution in [2.24, 2.45) is 0 Å². The lowest BCUT2D eigenvalue weighted by atomic mass is 10.0. The summed E-state index contributed by atoms with van der Waals surface area (Å²) in [4.78, 5) is 33.4. The molecule has 2 N–H and O–H groups in total. The summed E-state index contributed by atoms with van der Waals surface area (Å²) in [5.74, 6) is -0.735. The van der Waals surface area contributed by atoms with Crippen LogP contribution in [-0.2, 0) is 9.47 Å². The first-order valence-electron chi connectivity index (χ1n) is 8.19. The van der Waals surface area contributed by atoms with Crippen molar-refractivity contribution in [2.45, 2.75) is 39.2 Å². The first kappa shape index (κ1) is 20.0.